The van der Waals surface area contributed by atoms with Crippen LogP contribution in [0.4, 0.5) is 8.78 Å². The second-order valence-electron chi connectivity index (χ2n) is 6.89. The minimum atomic E-state index is -0.858. The summed E-state index contributed by atoms with van der Waals surface area (Å²) in [5.74, 6) is -2.41. The summed E-state index contributed by atoms with van der Waals surface area (Å²) in [6, 6.07) is 2.95. The molecule has 1 saturated carbocycles. The van der Waals surface area contributed by atoms with E-state index in [1.165, 1.54) is 11.3 Å². The fourth-order valence-electron chi connectivity index (χ4n) is 3.60. The lowest BCUT2D eigenvalue weighted by atomic mass is 9.95. The molecule has 1 aliphatic carbocycles. The molecule has 0 unspecified atom stereocenters. The Kier molecular flexibility index (Phi) is 5.66. The number of benzene rings is 1. The van der Waals surface area contributed by atoms with E-state index in [4.69, 9.17) is 4.74 Å². The molecular weight excluding hydrogens is 328 g/mol. The van der Waals surface area contributed by atoms with Gasteiger partial charge < -0.3 is 9.64 Å². The smallest absolute Gasteiger partial charge is 0.309 e. The van der Waals surface area contributed by atoms with E-state index in [2.05, 4.69) is 0 Å². The zero-order chi connectivity index (χ0) is 17.8. The normalized spacial score (nSPS) is 19.7. The van der Waals surface area contributed by atoms with Crippen LogP contribution in [0.2, 0.25) is 0 Å². The SMILES string of the molecule is O=C(OC1CCCCC1)C1CCN(C(=O)c2ccc(F)cc2F)CC1. The lowest BCUT2D eigenvalue weighted by Crippen LogP contribution is -2.41. The third-order valence-corrected chi connectivity index (χ3v) is 5.11. The van der Waals surface area contributed by atoms with Gasteiger partial charge in [0.05, 0.1) is 11.5 Å². The third kappa shape index (κ3) is 4.35. The van der Waals surface area contributed by atoms with E-state index in [1.54, 1.807) is 0 Å². The summed E-state index contributed by atoms with van der Waals surface area (Å²) in [5, 5.41) is 0. The number of carbonyl (C=O) groups is 2. The van der Waals surface area contributed by atoms with Crippen LogP contribution in [0.1, 0.15) is 55.3 Å². The Hall–Kier alpha value is -1.98. The maximum Gasteiger partial charge on any atom is 0.309 e. The molecule has 3 rings (SSSR count). The third-order valence-electron chi connectivity index (χ3n) is 5.11. The summed E-state index contributed by atoms with van der Waals surface area (Å²) in [7, 11) is 0. The number of halogens is 2. The van der Waals surface area contributed by atoms with Crippen molar-refractivity contribution in [3.63, 3.8) is 0 Å². The number of esters is 1. The maximum atomic E-state index is 13.8. The van der Waals surface area contributed by atoms with Gasteiger partial charge >= 0.3 is 5.97 Å². The second kappa shape index (κ2) is 7.93. The second-order valence-corrected chi connectivity index (χ2v) is 6.89. The minimum absolute atomic E-state index is 0.0363. The van der Waals surface area contributed by atoms with Crippen molar-refractivity contribution in [3.05, 3.63) is 35.4 Å². The molecule has 4 nitrogen and oxygen atoms in total. The van der Waals surface area contributed by atoms with Gasteiger partial charge in [0, 0.05) is 19.2 Å². The van der Waals surface area contributed by atoms with E-state index < -0.39 is 17.5 Å². The molecule has 0 radical (unpaired) electrons. The number of rotatable bonds is 3. The van der Waals surface area contributed by atoms with Crippen molar-refractivity contribution in [1.82, 2.24) is 4.90 Å². The molecule has 2 aliphatic rings. The van der Waals surface area contributed by atoms with Crippen LogP contribution in [0, 0.1) is 17.6 Å². The fourth-order valence-corrected chi connectivity index (χ4v) is 3.60. The van der Waals surface area contributed by atoms with Crippen molar-refractivity contribution >= 4 is 11.9 Å². The van der Waals surface area contributed by atoms with Crippen LogP contribution in [0.3, 0.4) is 0 Å². The Morgan fingerprint density at radius 2 is 1.68 bits per heavy atom. The first-order valence-electron chi connectivity index (χ1n) is 8.99. The zero-order valence-electron chi connectivity index (χ0n) is 14.2. The molecule has 6 heteroatoms. The number of nitrogens with zero attached hydrogens (tertiary/aromatic N) is 1. The predicted octanol–water partition coefficient (Wildman–Crippen LogP) is 3.69. The van der Waals surface area contributed by atoms with Crippen LogP contribution >= 0.6 is 0 Å². The number of hydrogen-bond donors (Lipinski definition) is 0. The highest BCUT2D eigenvalue weighted by molar-refractivity contribution is 5.94. The number of hydrogen-bond acceptors (Lipinski definition) is 3. The van der Waals surface area contributed by atoms with Crippen LogP contribution in [0.25, 0.3) is 0 Å². The average molecular weight is 351 g/mol. The van der Waals surface area contributed by atoms with Gasteiger partial charge in [-0.05, 0) is 50.7 Å². The molecule has 0 bridgehead atoms. The van der Waals surface area contributed by atoms with Gasteiger partial charge in [0.1, 0.15) is 17.7 Å². The summed E-state index contributed by atoms with van der Waals surface area (Å²) in [6.45, 7) is 0.750. The Morgan fingerprint density at radius 3 is 2.32 bits per heavy atom. The highest BCUT2D eigenvalue weighted by Gasteiger charge is 2.31. The maximum absolute atomic E-state index is 13.8. The summed E-state index contributed by atoms with van der Waals surface area (Å²) in [6.07, 6.45) is 6.35. The Bertz CT molecular complexity index is 636. The van der Waals surface area contributed by atoms with Gasteiger partial charge in [-0.2, -0.15) is 0 Å². The van der Waals surface area contributed by atoms with Crippen molar-refractivity contribution in [3.8, 4) is 0 Å². The van der Waals surface area contributed by atoms with Crippen molar-refractivity contribution in [2.45, 2.75) is 51.0 Å². The number of likely N-dealkylation sites (tertiary alicyclic amines) is 1. The van der Waals surface area contributed by atoms with Crippen LogP contribution in [0.5, 0.6) is 0 Å². The molecule has 0 aromatic heterocycles. The van der Waals surface area contributed by atoms with E-state index in [0.717, 1.165) is 37.8 Å². The molecule has 25 heavy (non-hydrogen) atoms. The molecule has 1 aromatic carbocycles. The molecule has 1 aliphatic heterocycles. The molecule has 1 heterocycles. The van der Waals surface area contributed by atoms with Crippen LogP contribution in [-0.4, -0.2) is 36.0 Å². The summed E-state index contributed by atoms with van der Waals surface area (Å²) in [5.41, 5.74) is -0.135. The molecule has 0 spiro atoms. The van der Waals surface area contributed by atoms with Gasteiger partial charge in [-0.15, -0.1) is 0 Å². The number of piperidine rings is 1. The van der Waals surface area contributed by atoms with Crippen LogP contribution in [-0.2, 0) is 9.53 Å². The highest BCUT2D eigenvalue weighted by Crippen LogP contribution is 2.25. The molecule has 0 N–H and O–H groups in total. The molecule has 1 saturated heterocycles. The number of amides is 1. The van der Waals surface area contributed by atoms with Gasteiger partial charge in [-0.25, -0.2) is 8.78 Å². The Balaban J connectivity index is 1.52. The average Bonchev–Trinajstić information content (AvgIpc) is 2.62. The molecule has 2 fully saturated rings. The van der Waals surface area contributed by atoms with Crippen molar-refractivity contribution in [2.75, 3.05) is 13.1 Å². The number of carbonyl (C=O) groups excluding carboxylic acids is 2. The fraction of sp³-hybridized carbons (Fsp3) is 0.579. The van der Waals surface area contributed by atoms with Gasteiger partial charge in [0.15, 0.2) is 0 Å². The highest BCUT2D eigenvalue weighted by atomic mass is 19.1. The lowest BCUT2D eigenvalue weighted by molar-refractivity contribution is -0.157. The monoisotopic (exact) mass is 351 g/mol. The lowest BCUT2D eigenvalue weighted by Gasteiger charge is -2.32. The molecule has 136 valence electrons. The standard InChI is InChI=1S/C19H23F2NO3/c20-14-6-7-16(17(21)12-14)18(23)22-10-8-13(9-11-22)19(24)25-15-4-2-1-3-5-15/h6-7,12-13,15H,1-5,8-11H2. The van der Waals surface area contributed by atoms with E-state index in [1.807, 2.05) is 0 Å². The van der Waals surface area contributed by atoms with Gasteiger partial charge in [-0.3, -0.25) is 9.59 Å². The van der Waals surface area contributed by atoms with Crippen molar-refractivity contribution in [1.29, 1.82) is 0 Å². The summed E-state index contributed by atoms with van der Waals surface area (Å²) in [4.78, 5) is 26.2. The summed E-state index contributed by atoms with van der Waals surface area (Å²) < 4.78 is 32.3. The van der Waals surface area contributed by atoms with E-state index in [9.17, 15) is 18.4 Å². The van der Waals surface area contributed by atoms with E-state index in [0.29, 0.717) is 32.0 Å². The first-order chi connectivity index (χ1) is 12.0. The van der Waals surface area contributed by atoms with Crippen molar-refractivity contribution in [2.24, 2.45) is 5.92 Å². The van der Waals surface area contributed by atoms with Crippen LogP contribution < -0.4 is 0 Å². The Morgan fingerprint density at radius 1 is 1.00 bits per heavy atom. The first-order valence-corrected chi connectivity index (χ1v) is 8.99. The zero-order valence-corrected chi connectivity index (χ0v) is 14.2. The molecule has 1 aromatic rings. The topological polar surface area (TPSA) is 46.6 Å². The van der Waals surface area contributed by atoms with Crippen LogP contribution in [0.15, 0.2) is 18.2 Å². The Labute approximate surface area is 146 Å². The predicted molar refractivity (Wildman–Crippen MR) is 88.0 cm³/mol. The first kappa shape index (κ1) is 17.8. The minimum Gasteiger partial charge on any atom is -0.462 e. The van der Waals surface area contributed by atoms with E-state index >= 15 is 0 Å². The molecule has 0 atom stereocenters. The van der Waals surface area contributed by atoms with Gasteiger partial charge in [0.25, 0.3) is 5.91 Å². The quantitative estimate of drug-likeness (QED) is 0.780. The molecule has 1 amide bonds. The van der Waals surface area contributed by atoms with Gasteiger partial charge in [0.2, 0.25) is 0 Å². The largest absolute Gasteiger partial charge is 0.462 e. The summed E-state index contributed by atoms with van der Waals surface area (Å²) >= 11 is 0. The number of ether oxygens (including phenoxy) is 1. The van der Waals surface area contributed by atoms with Gasteiger partial charge in [-0.1, -0.05) is 6.42 Å². The van der Waals surface area contributed by atoms with E-state index in [-0.39, 0.29) is 23.6 Å². The molecular formula is C19H23F2NO3. The van der Waals surface area contributed by atoms with Crippen molar-refractivity contribution < 1.29 is 23.1 Å².